The second kappa shape index (κ2) is 4.75. The summed E-state index contributed by atoms with van der Waals surface area (Å²) in [5.74, 6) is 1.69. The van der Waals surface area contributed by atoms with Crippen molar-refractivity contribution in [1.29, 1.82) is 0 Å². The first-order chi connectivity index (χ1) is 8.11. The van der Waals surface area contributed by atoms with Crippen LogP contribution in [0.3, 0.4) is 0 Å². The van der Waals surface area contributed by atoms with Gasteiger partial charge in [-0.15, -0.1) is 0 Å². The Bertz CT molecular complexity index is 389. The number of ether oxygens (including phenoxy) is 1. The number of hydrogen-bond donors (Lipinski definition) is 3. The van der Waals surface area contributed by atoms with E-state index in [9.17, 15) is 0 Å². The van der Waals surface area contributed by atoms with Crippen LogP contribution in [-0.2, 0) is 4.74 Å². The van der Waals surface area contributed by atoms with Crippen molar-refractivity contribution in [3.63, 3.8) is 0 Å². The van der Waals surface area contributed by atoms with Crippen molar-refractivity contribution in [1.82, 2.24) is 9.97 Å². The number of anilines is 3. The van der Waals surface area contributed by atoms with E-state index in [-0.39, 0.29) is 11.5 Å². The smallest absolute Gasteiger partial charge is 0.223 e. The van der Waals surface area contributed by atoms with Crippen LogP contribution in [0.25, 0.3) is 0 Å². The summed E-state index contributed by atoms with van der Waals surface area (Å²) >= 11 is 0. The molecule has 1 saturated heterocycles. The Kier molecular flexibility index (Phi) is 3.33. The first kappa shape index (κ1) is 11.9. The van der Waals surface area contributed by atoms with Gasteiger partial charge in [0.15, 0.2) is 0 Å². The summed E-state index contributed by atoms with van der Waals surface area (Å²) in [6.07, 6.45) is 2.19. The van der Waals surface area contributed by atoms with Gasteiger partial charge in [0.2, 0.25) is 5.95 Å². The lowest BCUT2D eigenvalue weighted by atomic mass is 10.0. The summed E-state index contributed by atoms with van der Waals surface area (Å²) < 4.78 is 5.70. The third kappa shape index (κ3) is 2.97. The van der Waals surface area contributed by atoms with Gasteiger partial charge in [0.05, 0.1) is 5.60 Å². The number of nitrogen functional groups attached to an aromatic ring is 1. The fourth-order valence-electron chi connectivity index (χ4n) is 1.94. The number of nitrogens with two attached hydrogens (primary N) is 1. The zero-order valence-electron chi connectivity index (χ0n) is 10.3. The number of nitrogens with one attached hydrogen (secondary N) is 2. The van der Waals surface area contributed by atoms with E-state index < -0.39 is 0 Å². The summed E-state index contributed by atoms with van der Waals surface area (Å²) in [7, 11) is 1.80. The number of hydrogen-bond acceptors (Lipinski definition) is 6. The van der Waals surface area contributed by atoms with Gasteiger partial charge in [0, 0.05) is 26.3 Å². The molecular weight excluding hydrogens is 218 g/mol. The van der Waals surface area contributed by atoms with E-state index >= 15 is 0 Å². The van der Waals surface area contributed by atoms with Crippen molar-refractivity contribution < 1.29 is 4.74 Å². The van der Waals surface area contributed by atoms with E-state index in [1.54, 1.807) is 7.05 Å². The molecule has 0 saturated carbocycles. The van der Waals surface area contributed by atoms with Gasteiger partial charge in [-0.25, -0.2) is 0 Å². The Morgan fingerprint density at radius 1 is 1.47 bits per heavy atom. The molecule has 1 unspecified atom stereocenters. The number of nitrogens with zero attached hydrogens (tertiary/aromatic N) is 2. The van der Waals surface area contributed by atoms with Gasteiger partial charge in [-0.3, -0.25) is 0 Å². The Morgan fingerprint density at radius 2 is 2.24 bits per heavy atom. The summed E-state index contributed by atoms with van der Waals surface area (Å²) in [4.78, 5) is 8.17. The quantitative estimate of drug-likeness (QED) is 0.726. The van der Waals surface area contributed by atoms with Gasteiger partial charge in [0.25, 0.3) is 0 Å². The average molecular weight is 237 g/mol. The van der Waals surface area contributed by atoms with Gasteiger partial charge in [-0.1, -0.05) is 0 Å². The molecule has 1 fully saturated rings. The molecule has 6 heteroatoms. The first-order valence-electron chi connectivity index (χ1n) is 5.81. The average Bonchev–Trinajstić information content (AvgIpc) is 2.73. The van der Waals surface area contributed by atoms with Gasteiger partial charge in [0.1, 0.15) is 11.6 Å². The minimum Gasteiger partial charge on any atom is -0.373 e. The van der Waals surface area contributed by atoms with Crippen molar-refractivity contribution in [3.8, 4) is 0 Å². The fourth-order valence-corrected chi connectivity index (χ4v) is 1.94. The second-order valence-electron chi connectivity index (χ2n) is 4.50. The van der Waals surface area contributed by atoms with Crippen LogP contribution in [0.5, 0.6) is 0 Å². The normalized spacial score (nSPS) is 23.6. The third-order valence-corrected chi connectivity index (χ3v) is 2.94. The molecule has 1 atom stereocenters. The van der Waals surface area contributed by atoms with Gasteiger partial charge in [-0.2, -0.15) is 9.97 Å². The van der Waals surface area contributed by atoms with Crippen LogP contribution in [-0.4, -0.2) is 35.8 Å². The molecule has 17 heavy (non-hydrogen) atoms. The van der Waals surface area contributed by atoms with E-state index in [1.165, 1.54) is 0 Å². The molecule has 0 aromatic carbocycles. The van der Waals surface area contributed by atoms with Crippen LogP contribution in [0.4, 0.5) is 17.6 Å². The minimum absolute atomic E-state index is 0.0977. The molecule has 6 nitrogen and oxygen atoms in total. The molecule has 1 aromatic rings. The molecule has 0 spiro atoms. The van der Waals surface area contributed by atoms with Crippen LogP contribution in [0.2, 0.25) is 0 Å². The van der Waals surface area contributed by atoms with Crippen molar-refractivity contribution >= 4 is 17.6 Å². The van der Waals surface area contributed by atoms with Crippen LogP contribution in [0.15, 0.2) is 6.07 Å². The molecule has 94 valence electrons. The Balaban J connectivity index is 2.00. The Hall–Kier alpha value is -1.56. The lowest BCUT2D eigenvalue weighted by molar-refractivity contribution is 0.0315. The molecule has 2 rings (SSSR count). The predicted molar refractivity (Wildman–Crippen MR) is 68.1 cm³/mol. The highest BCUT2D eigenvalue weighted by atomic mass is 16.5. The molecule has 1 aliphatic rings. The van der Waals surface area contributed by atoms with E-state index in [0.29, 0.717) is 5.82 Å². The van der Waals surface area contributed by atoms with E-state index in [1.807, 2.05) is 6.07 Å². The standard InChI is InChI=1S/C11H19N5O/c1-11(4-3-5-17-11)7-14-9-6-8(13-2)15-10(12)16-9/h6H,3-5,7H2,1-2H3,(H4,12,13,14,15,16). The SMILES string of the molecule is CNc1cc(NCC2(C)CCCO2)nc(N)n1. The maximum atomic E-state index is 5.70. The van der Waals surface area contributed by atoms with Gasteiger partial charge < -0.3 is 21.1 Å². The number of aromatic nitrogens is 2. The fraction of sp³-hybridized carbons (Fsp3) is 0.636. The van der Waals surface area contributed by atoms with Crippen LogP contribution in [0, 0.1) is 0 Å². The maximum Gasteiger partial charge on any atom is 0.223 e. The molecule has 0 radical (unpaired) electrons. The molecule has 1 aliphatic heterocycles. The lowest BCUT2D eigenvalue weighted by Crippen LogP contribution is -2.32. The highest BCUT2D eigenvalue weighted by Gasteiger charge is 2.29. The van der Waals surface area contributed by atoms with Crippen LogP contribution >= 0.6 is 0 Å². The van der Waals surface area contributed by atoms with E-state index in [0.717, 1.165) is 31.8 Å². The zero-order chi connectivity index (χ0) is 12.3. The van der Waals surface area contributed by atoms with Gasteiger partial charge >= 0.3 is 0 Å². The molecule has 1 aromatic heterocycles. The van der Waals surface area contributed by atoms with Crippen molar-refractivity contribution in [2.45, 2.75) is 25.4 Å². The third-order valence-electron chi connectivity index (χ3n) is 2.94. The van der Waals surface area contributed by atoms with Gasteiger partial charge in [-0.05, 0) is 19.8 Å². The molecule has 2 heterocycles. The zero-order valence-corrected chi connectivity index (χ0v) is 10.3. The molecule has 4 N–H and O–H groups in total. The predicted octanol–water partition coefficient (Wildman–Crippen LogP) is 1.08. The monoisotopic (exact) mass is 237 g/mol. The largest absolute Gasteiger partial charge is 0.373 e. The van der Waals surface area contributed by atoms with E-state index in [4.69, 9.17) is 10.5 Å². The first-order valence-corrected chi connectivity index (χ1v) is 5.81. The van der Waals surface area contributed by atoms with Crippen molar-refractivity contribution in [2.24, 2.45) is 0 Å². The molecule has 0 aliphatic carbocycles. The van der Waals surface area contributed by atoms with Crippen LogP contribution < -0.4 is 16.4 Å². The number of rotatable bonds is 4. The lowest BCUT2D eigenvalue weighted by Gasteiger charge is -2.23. The molecular formula is C11H19N5O. The minimum atomic E-state index is -0.0977. The molecule has 0 bridgehead atoms. The summed E-state index contributed by atoms with van der Waals surface area (Å²) in [5, 5.41) is 6.19. The Morgan fingerprint density at radius 3 is 2.88 bits per heavy atom. The van der Waals surface area contributed by atoms with E-state index in [2.05, 4.69) is 27.5 Å². The summed E-state index contributed by atoms with van der Waals surface area (Å²) in [6, 6.07) is 1.83. The van der Waals surface area contributed by atoms with Crippen molar-refractivity contribution in [2.75, 3.05) is 36.6 Å². The highest BCUT2D eigenvalue weighted by Crippen LogP contribution is 2.25. The molecule has 0 amide bonds. The second-order valence-corrected chi connectivity index (χ2v) is 4.50. The Labute approximate surface area is 101 Å². The summed E-state index contributed by atoms with van der Waals surface area (Å²) in [5.41, 5.74) is 5.52. The topological polar surface area (TPSA) is 85.1 Å². The highest BCUT2D eigenvalue weighted by molar-refractivity contribution is 5.50. The van der Waals surface area contributed by atoms with Crippen molar-refractivity contribution in [3.05, 3.63) is 6.07 Å². The summed E-state index contributed by atoms with van der Waals surface area (Å²) in [6.45, 7) is 3.68. The maximum absolute atomic E-state index is 5.70. The van der Waals surface area contributed by atoms with Crippen LogP contribution in [0.1, 0.15) is 19.8 Å².